The van der Waals surface area contributed by atoms with Crippen LogP contribution in [0.3, 0.4) is 0 Å². The average Bonchev–Trinajstić information content (AvgIpc) is 2.71. The van der Waals surface area contributed by atoms with E-state index in [1.165, 1.54) is 0 Å². The van der Waals surface area contributed by atoms with E-state index in [0.29, 0.717) is 10.7 Å². The third kappa shape index (κ3) is 2.35. The van der Waals surface area contributed by atoms with Crippen LogP contribution in [0.4, 0.5) is 0 Å². The predicted octanol–water partition coefficient (Wildman–Crippen LogP) is 3.82. The molecule has 0 fully saturated rings. The van der Waals surface area contributed by atoms with E-state index in [9.17, 15) is 0 Å². The van der Waals surface area contributed by atoms with Crippen molar-refractivity contribution >= 4 is 28.1 Å². The third-order valence-electron chi connectivity index (χ3n) is 2.61. The number of ether oxygens (including phenoxy) is 1. The minimum atomic E-state index is 0.291. The van der Waals surface area contributed by atoms with Gasteiger partial charge in [-0.25, -0.2) is 0 Å². The van der Waals surface area contributed by atoms with Crippen LogP contribution in [-0.4, -0.2) is 21.9 Å². The molecule has 1 N–H and O–H groups in total. The first-order chi connectivity index (χ1) is 8.54. The van der Waals surface area contributed by atoms with Crippen molar-refractivity contribution in [3.8, 4) is 11.4 Å². The van der Waals surface area contributed by atoms with E-state index < -0.39 is 0 Å². The van der Waals surface area contributed by atoms with Crippen LogP contribution >= 0.6 is 28.1 Å². The maximum Gasteiger partial charge on any atom is 0.199 e. The number of aromatic amines is 1. The maximum atomic E-state index is 5.28. The van der Waals surface area contributed by atoms with Crippen LogP contribution in [0.1, 0.15) is 25.6 Å². The number of benzene rings is 1. The molecular formula is C12H14BrN3OS. The summed E-state index contributed by atoms with van der Waals surface area (Å²) in [7, 11) is 1.64. The Kier molecular flexibility index (Phi) is 3.87. The Morgan fingerprint density at radius 3 is 2.72 bits per heavy atom. The number of nitrogens with one attached hydrogen (secondary N) is 1. The molecule has 4 nitrogen and oxygen atoms in total. The highest BCUT2D eigenvalue weighted by Crippen LogP contribution is 2.28. The van der Waals surface area contributed by atoms with E-state index in [1.807, 2.05) is 22.8 Å². The molecule has 0 bridgehead atoms. The van der Waals surface area contributed by atoms with Crippen LogP contribution in [0.5, 0.6) is 5.75 Å². The van der Waals surface area contributed by atoms with Gasteiger partial charge < -0.3 is 4.74 Å². The fraction of sp³-hybridized carbons (Fsp3) is 0.333. The molecule has 0 spiro atoms. The highest BCUT2D eigenvalue weighted by Gasteiger charge is 2.12. The van der Waals surface area contributed by atoms with E-state index in [0.717, 1.165) is 21.7 Å². The number of hydrogen-bond donors (Lipinski definition) is 1. The first-order valence-electron chi connectivity index (χ1n) is 5.55. The molecule has 18 heavy (non-hydrogen) atoms. The predicted molar refractivity (Wildman–Crippen MR) is 77.1 cm³/mol. The van der Waals surface area contributed by atoms with Gasteiger partial charge in [-0.15, -0.1) is 0 Å². The molecule has 0 aliphatic carbocycles. The molecular weight excluding hydrogens is 314 g/mol. The number of hydrogen-bond acceptors (Lipinski definition) is 3. The quantitative estimate of drug-likeness (QED) is 0.871. The average molecular weight is 328 g/mol. The van der Waals surface area contributed by atoms with E-state index >= 15 is 0 Å². The molecule has 1 aromatic carbocycles. The largest absolute Gasteiger partial charge is 0.496 e. The van der Waals surface area contributed by atoms with Crippen LogP contribution in [0.2, 0.25) is 0 Å². The number of aromatic nitrogens is 3. The van der Waals surface area contributed by atoms with Gasteiger partial charge >= 0.3 is 0 Å². The van der Waals surface area contributed by atoms with Crippen molar-refractivity contribution in [2.75, 3.05) is 7.11 Å². The third-order valence-corrected chi connectivity index (χ3v) is 3.50. The van der Waals surface area contributed by atoms with Crippen LogP contribution in [0.15, 0.2) is 22.7 Å². The second-order valence-corrected chi connectivity index (χ2v) is 5.44. The lowest BCUT2D eigenvalue weighted by Crippen LogP contribution is -2.03. The SMILES string of the molecule is COc1ccc(-n2c(C(C)C)n[nH]c2=S)cc1Br. The smallest absolute Gasteiger partial charge is 0.199 e. The van der Waals surface area contributed by atoms with Crippen molar-refractivity contribution in [2.45, 2.75) is 19.8 Å². The molecule has 6 heteroatoms. The van der Waals surface area contributed by atoms with Crippen LogP contribution < -0.4 is 4.74 Å². The topological polar surface area (TPSA) is 42.8 Å². The van der Waals surface area contributed by atoms with Gasteiger partial charge in [0.1, 0.15) is 11.6 Å². The van der Waals surface area contributed by atoms with E-state index in [2.05, 4.69) is 40.0 Å². The van der Waals surface area contributed by atoms with Gasteiger partial charge in [0.25, 0.3) is 0 Å². The second-order valence-electron chi connectivity index (χ2n) is 4.20. The van der Waals surface area contributed by atoms with Crippen molar-refractivity contribution < 1.29 is 4.74 Å². The molecule has 0 atom stereocenters. The first-order valence-corrected chi connectivity index (χ1v) is 6.76. The molecule has 1 aromatic heterocycles. The fourth-order valence-electron chi connectivity index (χ4n) is 1.74. The Balaban J connectivity index is 2.59. The molecule has 0 aliphatic heterocycles. The molecule has 0 aliphatic rings. The normalized spacial score (nSPS) is 10.9. The molecule has 0 amide bonds. The Morgan fingerprint density at radius 1 is 1.44 bits per heavy atom. The molecule has 0 unspecified atom stereocenters. The van der Waals surface area contributed by atoms with Crippen molar-refractivity contribution in [1.82, 2.24) is 14.8 Å². The molecule has 96 valence electrons. The summed E-state index contributed by atoms with van der Waals surface area (Å²) in [6.07, 6.45) is 0. The van der Waals surface area contributed by atoms with E-state index in [-0.39, 0.29) is 0 Å². The highest BCUT2D eigenvalue weighted by atomic mass is 79.9. The minimum Gasteiger partial charge on any atom is -0.496 e. The summed E-state index contributed by atoms with van der Waals surface area (Å²) in [6, 6.07) is 5.83. The molecule has 0 saturated carbocycles. The lowest BCUT2D eigenvalue weighted by molar-refractivity contribution is 0.412. The number of H-pyrrole nitrogens is 1. The van der Waals surface area contributed by atoms with Gasteiger partial charge in [-0.3, -0.25) is 9.67 Å². The number of methoxy groups -OCH3 is 1. The number of rotatable bonds is 3. The number of nitrogens with zero attached hydrogens (tertiary/aromatic N) is 2. The minimum absolute atomic E-state index is 0.291. The van der Waals surface area contributed by atoms with Gasteiger partial charge in [0.05, 0.1) is 17.3 Å². The zero-order valence-electron chi connectivity index (χ0n) is 10.4. The Labute approximate surface area is 119 Å². The van der Waals surface area contributed by atoms with Crippen molar-refractivity contribution in [2.24, 2.45) is 0 Å². The fourth-order valence-corrected chi connectivity index (χ4v) is 2.51. The van der Waals surface area contributed by atoms with Crippen LogP contribution in [-0.2, 0) is 0 Å². The van der Waals surface area contributed by atoms with Gasteiger partial charge in [-0.05, 0) is 46.3 Å². The number of halogens is 1. The summed E-state index contributed by atoms with van der Waals surface area (Å²) in [5, 5.41) is 7.10. The molecule has 0 saturated heterocycles. The second kappa shape index (κ2) is 5.24. The molecule has 2 aromatic rings. The summed E-state index contributed by atoms with van der Waals surface area (Å²) in [5.74, 6) is 2.00. The summed E-state index contributed by atoms with van der Waals surface area (Å²) >= 11 is 8.75. The van der Waals surface area contributed by atoms with Gasteiger partial charge in [0.15, 0.2) is 4.77 Å². The summed E-state index contributed by atoms with van der Waals surface area (Å²) < 4.78 is 8.64. The van der Waals surface area contributed by atoms with Gasteiger partial charge in [0, 0.05) is 5.92 Å². The van der Waals surface area contributed by atoms with Crippen molar-refractivity contribution in [1.29, 1.82) is 0 Å². The maximum absolute atomic E-state index is 5.28. The molecule has 2 rings (SSSR count). The van der Waals surface area contributed by atoms with Gasteiger partial charge in [-0.2, -0.15) is 5.10 Å². The summed E-state index contributed by atoms with van der Waals surface area (Å²) in [4.78, 5) is 0. The van der Waals surface area contributed by atoms with Crippen molar-refractivity contribution in [3.05, 3.63) is 33.3 Å². The monoisotopic (exact) mass is 327 g/mol. The lowest BCUT2D eigenvalue weighted by atomic mass is 10.2. The van der Waals surface area contributed by atoms with Crippen LogP contribution in [0.25, 0.3) is 5.69 Å². The molecule has 1 heterocycles. The van der Waals surface area contributed by atoms with Gasteiger partial charge in [0.2, 0.25) is 0 Å². The Morgan fingerprint density at radius 2 is 2.17 bits per heavy atom. The zero-order chi connectivity index (χ0) is 13.3. The molecule has 0 radical (unpaired) electrons. The van der Waals surface area contributed by atoms with Crippen molar-refractivity contribution in [3.63, 3.8) is 0 Å². The summed E-state index contributed by atoms with van der Waals surface area (Å²) in [6.45, 7) is 4.17. The zero-order valence-corrected chi connectivity index (χ0v) is 12.8. The standard InChI is InChI=1S/C12H14BrN3OS/c1-7(2)11-14-15-12(18)16(11)8-4-5-10(17-3)9(13)6-8/h4-7H,1-3H3,(H,15,18). The van der Waals surface area contributed by atoms with E-state index in [4.69, 9.17) is 17.0 Å². The van der Waals surface area contributed by atoms with Gasteiger partial charge in [-0.1, -0.05) is 13.8 Å². The lowest BCUT2D eigenvalue weighted by Gasteiger charge is -2.11. The van der Waals surface area contributed by atoms with Crippen LogP contribution in [0, 0.1) is 4.77 Å². The highest BCUT2D eigenvalue weighted by molar-refractivity contribution is 9.10. The first kappa shape index (κ1) is 13.3. The summed E-state index contributed by atoms with van der Waals surface area (Å²) in [5.41, 5.74) is 0.963. The Hall–Kier alpha value is -1.14. The Bertz CT molecular complexity index is 618. The van der Waals surface area contributed by atoms with E-state index in [1.54, 1.807) is 7.11 Å².